The van der Waals surface area contributed by atoms with E-state index in [-0.39, 0.29) is 17.1 Å². The van der Waals surface area contributed by atoms with Crippen LogP contribution in [-0.4, -0.2) is 16.5 Å². The predicted octanol–water partition coefficient (Wildman–Crippen LogP) is 0.926. The summed E-state index contributed by atoms with van der Waals surface area (Å²) in [4.78, 5) is 3.43. The van der Waals surface area contributed by atoms with Gasteiger partial charge >= 0.3 is 6.36 Å². The van der Waals surface area contributed by atoms with Crippen molar-refractivity contribution in [2.75, 3.05) is 5.73 Å². The summed E-state index contributed by atoms with van der Waals surface area (Å²) in [6, 6.07) is 2.34. The van der Waals surface area contributed by atoms with Crippen molar-refractivity contribution < 1.29 is 23.0 Å². The first-order chi connectivity index (χ1) is 7.37. The second kappa shape index (κ2) is 4.24. The number of nitrogens with two attached hydrogens (primary N) is 1. The number of halogens is 3. The summed E-state index contributed by atoms with van der Waals surface area (Å²) < 4.78 is 39.4. The van der Waals surface area contributed by atoms with Crippen LogP contribution in [0.15, 0.2) is 6.07 Å². The fraction of sp³-hybridized carbons (Fsp3) is 0.250. The molecule has 3 N–H and O–H groups in total. The molecule has 0 bridgehead atoms. The molecule has 0 aliphatic heterocycles. The first kappa shape index (κ1) is 12.1. The molecule has 0 saturated heterocycles. The smallest absolute Gasteiger partial charge is 0.404 e. The molecule has 5 nitrogen and oxygen atoms in total. The highest BCUT2D eigenvalue weighted by atomic mass is 19.4. The Bertz CT molecular complexity index is 439. The summed E-state index contributed by atoms with van der Waals surface area (Å²) >= 11 is 0. The van der Waals surface area contributed by atoms with Gasteiger partial charge in [0.05, 0.1) is 12.2 Å². The standard InChI is InChI=1S/C8H6F3N3O2/c9-8(10,11)16-6-1-4(2-12)7(13)14-5(6)3-15/h1,15H,3H2,(H2,13,14). The molecule has 0 aromatic carbocycles. The highest BCUT2D eigenvalue weighted by molar-refractivity contribution is 5.53. The Morgan fingerprint density at radius 1 is 1.56 bits per heavy atom. The molecule has 0 fully saturated rings. The van der Waals surface area contributed by atoms with Gasteiger partial charge in [0.25, 0.3) is 0 Å². The molecule has 16 heavy (non-hydrogen) atoms. The fourth-order valence-electron chi connectivity index (χ4n) is 0.965. The lowest BCUT2D eigenvalue weighted by Gasteiger charge is -2.12. The zero-order valence-corrected chi connectivity index (χ0v) is 7.75. The first-order valence-electron chi connectivity index (χ1n) is 3.93. The van der Waals surface area contributed by atoms with Crippen molar-refractivity contribution in [1.82, 2.24) is 4.98 Å². The van der Waals surface area contributed by atoms with E-state index >= 15 is 0 Å². The van der Waals surface area contributed by atoms with Gasteiger partial charge in [0.1, 0.15) is 17.6 Å². The summed E-state index contributed by atoms with van der Waals surface area (Å²) in [7, 11) is 0. The Hall–Kier alpha value is -2.01. The molecule has 1 aromatic heterocycles. The van der Waals surface area contributed by atoms with E-state index in [2.05, 4.69) is 9.72 Å². The second-order valence-electron chi connectivity index (χ2n) is 2.68. The number of hydrogen-bond acceptors (Lipinski definition) is 5. The number of nitrogen functional groups attached to an aromatic ring is 1. The minimum atomic E-state index is -4.92. The van der Waals surface area contributed by atoms with Crippen molar-refractivity contribution in [2.45, 2.75) is 13.0 Å². The predicted molar refractivity (Wildman–Crippen MR) is 46.0 cm³/mol. The van der Waals surface area contributed by atoms with E-state index in [0.717, 1.165) is 6.07 Å². The SMILES string of the molecule is N#Cc1cc(OC(F)(F)F)c(CO)nc1N. The van der Waals surface area contributed by atoms with E-state index in [1.807, 2.05) is 0 Å². The number of pyridine rings is 1. The molecule has 0 spiro atoms. The van der Waals surface area contributed by atoms with Crippen LogP contribution in [0.4, 0.5) is 19.0 Å². The molecule has 0 saturated carbocycles. The van der Waals surface area contributed by atoms with Gasteiger partial charge in [-0.15, -0.1) is 13.2 Å². The number of anilines is 1. The topological polar surface area (TPSA) is 92.2 Å². The van der Waals surface area contributed by atoms with Gasteiger partial charge < -0.3 is 15.6 Å². The van der Waals surface area contributed by atoms with Crippen molar-refractivity contribution >= 4 is 5.82 Å². The average Bonchev–Trinajstić information content (AvgIpc) is 2.18. The van der Waals surface area contributed by atoms with E-state index in [9.17, 15) is 13.2 Å². The summed E-state index contributed by atoms with van der Waals surface area (Å²) in [6.07, 6.45) is -4.92. The Morgan fingerprint density at radius 3 is 2.62 bits per heavy atom. The van der Waals surface area contributed by atoms with Crippen LogP contribution < -0.4 is 10.5 Å². The minimum absolute atomic E-state index is 0.253. The van der Waals surface area contributed by atoms with Crippen LogP contribution in [0.25, 0.3) is 0 Å². The molecule has 0 aliphatic rings. The fourth-order valence-corrected chi connectivity index (χ4v) is 0.965. The maximum absolute atomic E-state index is 11.9. The number of alkyl halides is 3. The average molecular weight is 233 g/mol. The summed E-state index contributed by atoms with van der Waals surface area (Å²) in [5.41, 5.74) is 4.62. The van der Waals surface area contributed by atoms with Gasteiger partial charge in [-0.25, -0.2) is 4.98 Å². The van der Waals surface area contributed by atoms with Crippen LogP contribution in [0.3, 0.4) is 0 Å². The molecular formula is C8H6F3N3O2. The highest BCUT2D eigenvalue weighted by Gasteiger charge is 2.32. The number of ether oxygens (including phenoxy) is 1. The number of rotatable bonds is 2. The number of aromatic nitrogens is 1. The van der Waals surface area contributed by atoms with Gasteiger partial charge in [-0.05, 0) is 0 Å². The maximum atomic E-state index is 11.9. The molecular weight excluding hydrogens is 227 g/mol. The molecule has 0 unspecified atom stereocenters. The third kappa shape index (κ3) is 2.74. The third-order valence-corrected chi connectivity index (χ3v) is 1.59. The second-order valence-corrected chi connectivity index (χ2v) is 2.68. The van der Waals surface area contributed by atoms with Crippen molar-refractivity contribution in [1.29, 1.82) is 5.26 Å². The summed E-state index contributed by atoms with van der Waals surface area (Å²) in [6.45, 7) is -0.776. The van der Waals surface area contributed by atoms with Crippen LogP contribution in [-0.2, 0) is 6.61 Å². The monoisotopic (exact) mass is 233 g/mol. The quantitative estimate of drug-likeness (QED) is 0.792. The van der Waals surface area contributed by atoms with Gasteiger partial charge in [-0.3, -0.25) is 0 Å². The third-order valence-electron chi connectivity index (χ3n) is 1.59. The van der Waals surface area contributed by atoms with Crippen LogP contribution in [0, 0.1) is 11.3 Å². The van der Waals surface area contributed by atoms with E-state index < -0.39 is 18.7 Å². The van der Waals surface area contributed by atoms with Crippen LogP contribution in [0.2, 0.25) is 0 Å². The molecule has 0 amide bonds. The summed E-state index contributed by atoms with van der Waals surface area (Å²) in [5, 5.41) is 17.3. The molecule has 8 heteroatoms. The van der Waals surface area contributed by atoms with Gasteiger partial charge in [0.2, 0.25) is 0 Å². The zero-order valence-electron chi connectivity index (χ0n) is 7.75. The Balaban J connectivity index is 3.21. The lowest BCUT2D eigenvalue weighted by atomic mass is 10.2. The Kier molecular flexibility index (Phi) is 3.20. The van der Waals surface area contributed by atoms with Crippen molar-refractivity contribution in [3.05, 3.63) is 17.3 Å². The largest absolute Gasteiger partial charge is 0.573 e. The normalized spacial score (nSPS) is 10.9. The van der Waals surface area contributed by atoms with Crippen LogP contribution >= 0.6 is 0 Å². The van der Waals surface area contributed by atoms with Gasteiger partial charge in [0, 0.05) is 6.07 Å². The number of aliphatic hydroxyl groups is 1. The van der Waals surface area contributed by atoms with E-state index in [0.29, 0.717) is 0 Å². The Labute approximate surface area is 87.9 Å². The molecule has 0 atom stereocenters. The highest BCUT2D eigenvalue weighted by Crippen LogP contribution is 2.28. The molecule has 1 aromatic rings. The molecule has 0 aliphatic carbocycles. The van der Waals surface area contributed by atoms with E-state index in [4.69, 9.17) is 16.1 Å². The number of nitrogens with zero attached hydrogens (tertiary/aromatic N) is 2. The first-order valence-corrected chi connectivity index (χ1v) is 3.93. The Morgan fingerprint density at radius 2 is 2.19 bits per heavy atom. The van der Waals surface area contributed by atoms with Gasteiger partial charge in [-0.1, -0.05) is 0 Å². The number of aliphatic hydroxyl groups excluding tert-OH is 1. The molecule has 86 valence electrons. The van der Waals surface area contributed by atoms with E-state index in [1.54, 1.807) is 6.07 Å². The van der Waals surface area contributed by atoms with Gasteiger partial charge in [0.15, 0.2) is 5.75 Å². The number of nitriles is 1. The lowest BCUT2D eigenvalue weighted by Crippen LogP contribution is -2.19. The molecule has 1 heterocycles. The van der Waals surface area contributed by atoms with Crippen molar-refractivity contribution in [3.63, 3.8) is 0 Å². The minimum Gasteiger partial charge on any atom is -0.404 e. The van der Waals surface area contributed by atoms with Gasteiger partial charge in [-0.2, -0.15) is 5.26 Å². The molecule has 0 radical (unpaired) electrons. The van der Waals surface area contributed by atoms with E-state index in [1.165, 1.54) is 0 Å². The lowest BCUT2D eigenvalue weighted by molar-refractivity contribution is -0.275. The maximum Gasteiger partial charge on any atom is 0.573 e. The van der Waals surface area contributed by atoms with Crippen molar-refractivity contribution in [3.8, 4) is 11.8 Å². The van der Waals surface area contributed by atoms with Crippen LogP contribution in [0.5, 0.6) is 5.75 Å². The number of hydrogen-bond donors (Lipinski definition) is 2. The molecule has 1 rings (SSSR count). The summed E-state index contributed by atoms with van der Waals surface area (Å²) in [5.74, 6) is -0.998. The van der Waals surface area contributed by atoms with Crippen molar-refractivity contribution in [2.24, 2.45) is 0 Å². The van der Waals surface area contributed by atoms with Crippen LogP contribution in [0.1, 0.15) is 11.3 Å². The zero-order chi connectivity index (χ0) is 12.3.